The molecule has 0 heterocycles. The number of hydrogen-bond acceptors (Lipinski definition) is 3. The van der Waals surface area contributed by atoms with Gasteiger partial charge in [0.2, 0.25) is 5.91 Å². The van der Waals surface area contributed by atoms with Crippen LogP contribution in [0, 0.1) is 0 Å². The molecular formula is C17H15Cl2N3O2S. The molecule has 25 heavy (non-hydrogen) atoms. The fraction of sp³-hybridized carbons (Fsp3) is 0.118. The quantitative estimate of drug-likeness (QED) is 0.693. The summed E-state index contributed by atoms with van der Waals surface area (Å²) in [5.74, 6) is -0.484. The number of likely N-dealkylation sites (N-methyl/N-ethyl adjacent to an activating group) is 1. The lowest BCUT2D eigenvalue weighted by molar-refractivity contribution is -0.119. The summed E-state index contributed by atoms with van der Waals surface area (Å²) >= 11 is 16.9. The molecular weight excluding hydrogens is 381 g/mol. The minimum atomic E-state index is -0.418. The molecule has 3 N–H and O–H groups in total. The van der Waals surface area contributed by atoms with Crippen LogP contribution >= 0.6 is 35.4 Å². The van der Waals surface area contributed by atoms with Gasteiger partial charge in [0.1, 0.15) is 0 Å². The number of thiocarbonyl (C=S) groups is 1. The first-order valence-corrected chi connectivity index (χ1v) is 8.42. The summed E-state index contributed by atoms with van der Waals surface area (Å²) in [5, 5.41) is 8.89. The van der Waals surface area contributed by atoms with Crippen LogP contribution in [0.25, 0.3) is 0 Å². The van der Waals surface area contributed by atoms with Gasteiger partial charge in [-0.1, -0.05) is 35.3 Å². The summed E-state index contributed by atoms with van der Waals surface area (Å²) in [6, 6.07) is 11.7. The zero-order valence-electron chi connectivity index (χ0n) is 13.2. The first-order chi connectivity index (χ1) is 11.9. The van der Waals surface area contributed by atoms with Crippen LogP contribution in [-0.2, 0) is 11.2 Å². The van der Waals surface area contributed by atoms with E-state index in [4.69, 9.17) is 35.4 Å². The third-order valence-corrected chi connectivity index (χ3v) is 3.85. The largest absolute Gasteiger partial charge is 0.359 e. The zero-order chi connectivity index (χ0) is 18.4. The predicted octanol–water partition coefficient (Wildman–Crippen LogP) is 3.41. The highest BCUT2D eigenvalue weighted by Gasteiger charge is 2.10. The standard InChI is InChI=1S/C17H15Cl2N3O2S/c1-20-15(23)6-10-2-4-14(5-3-10)21-17(25)22-16(24)11-7-12(18)9-13(19)8-11/h2-5,7-9H,6H2,1H3,(H,20,23)(H2,21,22,24,25). The summed E-state index contributed by atoms with van der Waals surface area (Å²) < 4.78 is 0. The molecule has 0 spiro atoms. The number of anilines is 1. The number of halogens is 2. The highest BCUT2D eigenvalue weighted by atomic mass is 35.5. The lowest BCUT2D eigenvalue weighted by Crippen LogP contribution is -2.34. The lowest BCUT2D eigenvalue weighted by atomic mass is 10.1. The number of rotatable bonds is 4. The number of carbonyl (C=O) groups excluding carboxylic acids is 2. The van der Waals surface area contributed by atoms with E-state index in [0.29, 0.717) is 27.7 Å². The highest BCUT2D eigenvalue weighted by molar-refractivity contribution is 7.80. The molecule has 0 aliphatic heterocycles. The molecule has 2 aromatic rings. The van der Waals surface area contributed by atoms with Crippen LogP contribution in [0.4, 0.5) is 5.69 Å². The Labute approximate surface area is 160 Å². The summed E-state index contributed by atoms with van der Waals surface area (Å²) in [5.41, 5.74) is 1.87. The van der Waals surface area contributed by atoms with E-state index in [2.05, 4.69) is 16.0 Å². The van der Waals surface area contributed by atoms with Crippen LogP contribution in [0.2, 0.25) is 10.0 Å². The summed E-state index contributed by atoms with van der Waals surface area (Å²) in [6.07, 6.45) is 0.299. The van der Waals surface area contributed by atoms with Gasteiger partial charge in [-0.3, -0.25) is 14.9 Å². The monoisotopic (exact) mass is 395 g/mol. The number of carbonyl (C=O) groups is 2. The molecule has 0 bridgehead atoms. The van der Waals surface area contributed by atoms with Crippen molar-refractivity contribution in [1.82, 2.24) is 10.6 Å². The van der Waals surface area contributed by atoms with Crippen LogP contribution < -0.4 is 16.0 Å². The van der Waals surface area contributed by atoms with Crippen LogP contribution in [0.5, 0.6) is 0 Å². The van der Waals surface area contributed by atoms with Gasteiger partial charge in [0, 0.05) is 28.3 Å². The van der Waals surface area contributed by atoms with E-state index in [1.54, 1.807) is 31.3 Å². The molecule has 0 atom stereocenters. The van der Waals surface area contributed by atoms with Gasteiger partial charge in [-0.25, -0.2) is 0 Å². The number of benzene rings is 2. The van der Waals surface area contributed by atoms with Gasteiger partial charge in [0.15, 0.2) is 5.11 Å². The fourth-order valence-electron chi connectivity index (χ4n) is 2.00. The van der Waals surface area contributed by atoms with Gasteiger partial charge in [-0.15, -0.1) is 0 Å². The summed E-state index contributed by atoms with van der Waals surface area (Å²) in [4.78, 5) is 23.5. The second-order valence-corrected chi connectivity index (χ2v) is 6.39. The van der Waals surface area contributed by atoms with Crippen LogP contribution in [0.1, 0.15) is 15.9 Å². The average molecular weight is 396 g/mol. The molecule has 2 amide bonds. The molecule has 2 aromatic carbocycles. The van der Waals surface area contributed by atoms with E-state index < -0.39 is 5.91 Å². The Morgan fingerprint density at radius 1 is 1.04 bits per heavy atom. The van der Waals surface area contributed by atoms with Crippen molar-refractivity contribution in [3.05, 3.63) is 63.6 Å². The van der Waals surface area contributed by atoms with Crippen molar-refractivity contribution < 1.29 is 9.59 Å². The van der Waals surface area contributed by atoms with Gasteiger partial charge >= 0.3 is 0 Å². The topological polar surface area (TPSA) is 70.2 Å². The Morgan fingerprint density at radius 3 is 2.20 bits per heavy atom. The minimum Gasteiger partial charge on any atom is -0.359 e. The first-order valence-electron chi connectivity index (χ1n) is 7.25. The van der Waals surface area contributed by atoms with Crippen molar-refractivity contribution in [2.45, 2.75) is 6.42 Å². The maximum atomic E-state index is 12.2. The molecule has 8 heteroatoms. The van der Waals surface area contributed by atoms with Crippen LogP contribution in [0.3, 0.4) is 0 Å². The molecule has 0 aliphatic rings. The van der Waals surface area contributed by atoms with Crippen LogP contribution in [0.15, 0.2) is 42.5 Å². The van der Waals surface area contributed by atoms with Crippen LogP contribution in [-0.4, -0.2) is 24.0 Å². The second kappa shape index (κ2) is 8.80. The van der Waals surface area contributed by atoms with Gasteiger partial charge in [0.25, 0.3) is 5.91 Å². The summed E-state index contributed by atoms with van der Waals surface area (Å²) in [7, 11) is 1.59. The molecule has 0 unspecified atom stereocenters. The van der Waals surface area contributed by atoms with Crippen molar-refractivity contribution in [2.24, 2.45) is 0 Å². The Kier molecular flexibility index (Phi) is 6.75. The maximum Gasteiger partial charge on any atom is 0.257 e. The van der Waals surface area contributed by atoms with Crippen molar-refractivity contribution >= 4 is 58.0 Å². The van der Waals surface area contributed by atoms with Gasteiger partial charge in [0.05, 0.1) is 6.42 Å². The van der Waals surface area contributed by atoms with Gasteiger partial charge in [-0.2, -0.15) is 0 Å². The third-order valence-electron chi connectivity index (χ3n) is 3.21. The number of nitrogens with one attached hydrogen (secondary N) is 3. The minimum absolute atomic E-state index is 0.0660. The molecule has 2 rings (SSSR count). The lowest BCUT2D eigenvalue weighted by Gasteiger charge is -2.10. The smallest absolute Gasteiger partial charge is 0.257 e. The third kappa shape index (κ3) is 6.01. The van der Waals surface area contributed by atoms with E-state index in [0.717, 1.165) is 5.56 Å². The Hall–Kier alpha value is -2.15. The highest BCUT2D eigenvalue weighted by Crippen LogP contribution is 2.19. The average Bonchev–Trinajstić information content (AvgIpc) is 2.55. The van der Waals surface area contributed by atoms with E-state index in [-0.39, 0.29) is 11.0 Å². The number of hydrogen-bond donors (Lipinski definition) is 3. The van der Waals surface area contributed by atoms with Gasteiger partial charge < -0.3 is 10.6 Å². The second-order valence-electron chi connectivity index (χ2n) is 5.11. The SMILES string of the molecule is CNC(=O)Cc1ccc(NC(=S)NC(=O)c2cc(Cl)cc(Cl)c2)cc1. The van der Waals surface area contributed by atoms with E-state index in [9.17, 15) is 9.59 Å². The van der Waals surface area contributed by atoms with Crippen molar-refractivity contribution in [3.63, 3.8) is 0 Å². The first kappa shape index (κ1) is 19.2. The maximum absolute atomic E-state index is 12.2. The molecule has 130 valence electrons. The van der Waals surface area contributed by atoms with Gasteiger partial charge in [-0.05, 0) is 48.1 Å². The van der Waals surface area contributed by atoms with Crippen molar-refractivity contribution in [3.8, 4) is 0 Å². The Balaban J connectivity index is 1.95. The molecule has 0 fully saturated rings. The van der Waals surface area contributed by atoms with E-state index in [1.807, 2.05) is 0 Å². The van der Waals surface area contributed by atoms with Crippen molar-refractivity contribution in [1.29, 1.82) is 0 Å². The molecule has 0 aliphatic carbocycles. The van der Waals surface area contributed by atoms with Crippen molar-refractivity contribution in [2.75, 3.05) is 12.4 Å². The van der Waals surface area contributed by atoms with E-state index in [1.165, 1.54) is 18.2 Å². The summed E-state index contributed by atoms with van der Waals surface area (Å²) in [6.45, 7) is 0. The Morgan fingerprint density at radius 2 is 1.64 bits per heavy atom. The predicted molar refractivity (Wildman–Crippen MR) is 104 cm³/mol. The molecule has 0 radical (unpaired) electrons. The zero-order valence-corrected chi connectivity index (χ0v) is 15.6. The molecule has 0 aromatic heterocycles. The number of amides is 2. The Bertz CT molecular complexity index is 790. The normalized spacial score (nSPS) is 10.0. The molecule has 0 saturated carbocycles. The fourth-order valence-corrected chi connectivity index (χ4v) is 2.74. The van der Waals surface area contributed by atoms with E-state index >= 15 is 0 Å². The molecule has 0 saturated heterocycles. The molecule has 5 nitrogen and oxygen atoms in total.